The Morgan fingerprint density at radius 3 is 2.09 bits per heavy atom. The summed E-state index contributed by atoms with van der Waals surface area (Å²) < 4.78 is 5.78. The highest BCUT2D eigenvalue weighted by Gasteiger charge is 2.61. The van der Waals surface area contributed by atoms with E-state index in [4.69, 9.17) is 9.73 Å². The molecule has 1 aromatic carbocycles. The maximum absolute atomic E-state index is 14.6. The van der Waals surface area contributed by atoms with Gasteiger partial charge >= 0.3 is 0 Å². The van der Waals surface area contributed by atoms with Gasteiger partial charge in [-0.1, -0.05) is 37.0 Å². The zero-order valence-electron chi connectivity index (χ0n) is 21.4. The van der Waals surface area contributed by atoms with Gasteiger partial charge in [0.1, 0.15) is 5.84 Å². The molecule has 1 amide bonds. The van der Waals surface area contributed by atoms with Crippen molar-refractivity contribution in [2.45, 2.75) is 89.1 Å². The van der Waals surface area contributed by atoms with Crippen LogP contribution in [0.15, 0.2) is 29.3 Å². The van der Waals surface area contributed by atoms with Crippen LogP contribution in [0, 0.1) is 30.1 Å². The second kappa shape index (κ2) is 8.41. The smallest absolute Gasteiger partial charge is 0.240 e. The summed E-state index contributed by atoms with van der Waals surface area (Å²) in [6.07, 6.45) is 13.5. The number of nitrogens with zero attached hydrogens (tertiary/aromatic N) is 3. The molecule has 2 saturated heterocycles. The first kappa shape index (κ1) is 22.5. The molecule has 4 bridgehead atoms. The number of benzene rings is 1. The molecule has 0 aromatic heterocycles. The molecule has 188 valence electrons. The van der Waals surface area contributed by atoms with Crippen LogP contribution >= 0.6 is 0 Å². The van der Waals surface area contributed by atoms with Crippen molar-refractivity contribution < 1.29 is 9.53 Å². The third kappa shape index (κ3) is 3.63. The summed E-state index contributed by atoms with van der Waals surface area (Å²) in [7, 11) is 0. The Hall–Kier alpha value is -1.72. The van der Waals surface area contributed by atoms with Crippen molar-refractivity contribution in [2.75, 3.05) is 31.2 Å². The van der Waals surface area contributed by atoms with Gasteiger partial charge in [0.2, 0.25) is 5.91 Å². The molecule has 1 spiro atoms. The van der Waals surface area contributed by atoms with Gasteiger partial charge in [0.05, 0.1) is 35.9 Å². The molecule has 5 aliphatic carbocycles. The average molecular weight is 476 g/mol. The fraction of sp³-hybridized carbons (Fsp3) is 0.733. The van der Waals surface area contributed by atoms with Crippen molar-refractivity contribution in [3.05, 3.63) is 29.8 Å². The van der Waals surface area contributed by atoms with Crippen LogP contribution in [-0.2, 0) is 9.53 Å². The summed E-state index contributed by atoms with van der Waals surface area (Å²) in [6, 6.07) is 8.70. The van der Waals surface area contributed by atoms with Crippen molar-refractivity contribution in [3.8, 4) is 0 Å². The predicted molar refractivity (Wildman–Crippen MR) is 139 cm³/mol. The molecule has 7 fully saturated rings. The molecule has 5 nitrogen and oxygen atoms in total. The van der Waals surface area contributed by atoms with E-state index in [0.717, 1.165) is 81.3 Å². The molecular formula is C30H41N3O2. The van der Waals surface area contributed by atoms with E-state index in [9.17, 15) is 4.79 Å². The van der Waals surface area contributed by atoms with Crippen LogP contribution in [0.4, 0.5) is 5.69 Å². The van der Waals surface area contributed by atoms with E-state index in [-0.39, 0.29) is 17.0 Å². The number of carbonyl (C=O) groups is 1. The zero-order valence-corrected chi connectivity index (χ0v) is 21.4. The van der Waals surface area contributed by atoms with Gasteiger partial charge in [0.25, 0.3) is 0 Å². The fourth-order valence-corrected chi connectivity index (χ4v) is 9.33. The minimum Gasteiger partial charge on any atom is -0.379 e. The number of hydrogen-bond donors (Lipinski definition) is 0. The summed E-state index contributed by atoms with van der Waals surface area (Å²) in [5.74, 6) is 3.95. The molecule has 35 heavy (non-hydrogen) atoms. The van der Waals surface area contributed by atoms with Crippen LogP contribution in [0.5, 0.6) is 0 Å². The lowest BCUT2D eigenvalue weighted by molar-refractivity contribution is -0.130. The van der Waals surface area contributed by atoms with E-state index >= 15 is 0 Å². The Bertz CT molecular complexity index is 968. The lowest BCUT2D eigenvalue weighted by Gasteiger charge is -2.55. The van der Waals surface area contributed by atoms with Gasteiger partial charge in [-0.3, -0.25) is 19.6 Å². The number of amidine groups is 1. The Morgan fingerprint density at radius 1 is 0.886 bits per heavy atom. The van der Waals surface area contributed by atoms with Crippen LogP contribution in [0.25, 0.3) is 0 Å². The van der Waals surface area contributed by atoms with Gasteiger partial charge in [-0.15, -0.1) is 0 Å². The summed E-state index contributed by atoms with van der Waals surface area (Å²) in [5.41, 5.74) is 1.97. The summed E-state index contributed by atoms with van der Waals surface area (Å²) in [4.78, 5) is 25.1. The Balaban J connectivity index is 1.38. The fourth-order valence-electron chi connectivity index (χ4n) is 9.33. The SMILES string of the molecule is Cc1ccc(N2C(=O)C3(CCCCC3)[C@H](N3CCOCC3)C2=NC23CC4CC(CC(C4)C2)C3)cc1. The van der Waals surface area contributed by atoms with Crippen LogP contribution < -0.4 is 4.90 Å². The normalized spacial score (nSPS) is 39.7. The first-order valence-electron chi connectivity index (χ1n) is 14.4. The third-order valence-electron chi connectivity index (χ3n) is 10.4. The number of amides is 1. The minimum absolute atomic E-state index is 0.0536. The van der Waals surface area contributed by atoms with Gasteiger partial charge in [-0.05, 0) is 88.2 Å². The first-order valence-corrected chi connectivity index (χ1v) is 14.4. The van der Waals surface area contributed by atoms with E-state index in [1.165, 1.54) is 50.5 Å². The van der Waals surface area contributed by atoms with Crippen LogP contribution in [0.2, 0.25) is 0 Å². The molecule has 1 aromatic rings. The molecule has 7 aliphatic rings. The number of aliphatic imine (C=N–C) groups is 1. The molecule has 2 aliphatic heterocycles. The molecular weight excluding hydrogens is 434 g/mol. The van der Waals surface area contributed by atoms with E-state index in [0.29, 0.717) is 5.91 Å². The maximum atomic E-state index is 14.6. The number of hydrogen-bond acceptors (Lipinski definition) is 4. The largest absolute Gasteiger partial charge is 0.379 e. The number of anilines is 1. The first-order chi connectivity index (χ1) is 17.1. The lowest BCUT2D eigenvalue weighted by atomic mass is 9.53. The topological polar surface area (TPSA) is 45.1 Å². The minimum atomic E-state index is -0.332. The number of morpholine rings is 1. The number of aryl methyl sites for hydroxylation is 1. The summed E-state index contributed by atoms with van der Waals surface area (Å²) in [6.45, 7) is 5.45. The van der Waals surface area contributed by atoms with Crippen molar-refractivity contribution in [3.63, 3.8) is 0 Å². The highest BCUT2D eigenvalue weighted by atomic mass is 16.5. The Kier molecular flexibility index (Phi) is 5.40. The van der Waals surface area contributed by atoms with Crippen molar-refractivity contribution in [1.29, 1.82) is 0 Å². The van der Waals surface area contributed by atoms with Crippen LogP contribution in [-0.4, -0.2) is 54.5 Å². The third-order valence-corrected chi connectivity index (χ3v) is 10.4. The Morgan fingerprint density at radius 2 is 1.49 bits per heavy atom. The molecule has 1 atom stereocenters. The van der Waals surface area contributed by atoms with Crippen molar-refractivity contribution >= 4 is 17.4 Å². The molecule has 5 saturated carbocycles. The van der Waals surface area contributed by atoms with Crippen molar-refractivity contribution in [1.82, 2.24) is 4.90 Å². The maximum Gasteiger partial charge on any atom is 0.240 e. The molecule has 2 heterocycles. The lowest BCUT2D eigenvalue weighted by Crippen LogP contribution is -2.56. The predicted octanol–water partition coefficient (Wildman–Crippen LogP) is 5.36. The number of ether oxygens (including phenoxy) is 1. The molecule has 0 unspecified atom stereocenters. The molecule has 8 rings (SSSR count). The van der Waals surface area contributed by atoms with E-state index < -0.39 is 0 Å². The highest BCUT2D eigenvalue weighted by molar-refractivity contribution is 6.27. The van der Waals surface area contributed by atoms with E-state index in [1.807, 2.05) is 0 Å². The number of rotatable bonds is 3. The quantitative estimate of drug-likeness (QED) is 0.591. The van der Waals surface area contributed by atoms with E-state index in [2.05, 4.69) is 41.0 Å². The zero-order chi connectivity index (χ0) is 23.6. The van der Waals surface area contributed by atoms with Crippen LogP contribution in [0.1, 0.15) is 76.2 Å². The average Bonchev–Trinajstić information content (AvgIpc) is 3.06. The summed E-state index contributed by atoms with van der Waals surface area (Å²) >= 11 is 0. The van der Waals surface area contributed by atoms with Crippen molar-refractivity contribution in [2.24, 2.45) is 28.2 Å². The molecule has 0 radical (unpaired) electrons. The van der Waals surface area contributed by atoms with Gasteiger partial charge < -0.3 is 4.74 Å². The second-order valence-corrected chi connectivity index (χ2v) is 12.9. The standard InChI is InChI=1S/C30H41N3O2/c1-21-5-7-25(8-6-21)33-27(31-29-18-22-15-23(19-29)17-24(16-22)20-29)26(32-11-13-35-14-12-32)30(28(33)34)9-3-2-4-10-30/h5-8,22-24,26H,2-4,9-20H2,1H3/t22?,23?,24?,26-,29?/m1/s1. The molecule has 0 N–H and O–H groups in total. The van der Waals surface area contributed by atoms with Gasteiger partial charge in [-0.2, -0.15) is 0 Å². The molecule has 5 heteroatoms. The van der Waals surface area contributed by atoms with Gasteiger partial charge in [0.15, 0.2) is 0 Å². The number of carbonyl (C=O) groups excluding carboxylic acids is 1. The van der Waals surface area contributed by atoms with Gasteiger partial charge in [-0.25, -0.2) is 0 Å². The van der Waals surface area contributed by atoms with E-state index in [1.54, 1.807) is 0 Å². The highest BCUT2D eigenvalue weighted by Crippen LogP contribution is 2.58. The summed E-state index contributed by atoms with van der Waals surface area (Å²) in [5, 5.41) is 0. The second-order valence-electron chi connectivity index (χ2n) is 12.9. The monoisotopic (exact) mass is 475 g/mol. The van der Waals surface area contributed by atoms with Crippen LogP contribution in [0.3, 0.4) is 0 Å². The van der Waals surface area contributed by atoms with Gasteiger partial charge in [0, 0.05) is 13.1 Å². The Labute approximate surface area is 210 Å².